The Morgan fingerprint density at radius 3 is 2.29 bits per heavy atom. The Kier molecular flexibility index (Phi) is 9.42. The second-order valence-electron chi connectivity index (χ2n) is 4.23. The smallest absolute Gasteiger partial charge is 0.0494 e. The van der Waals surface area contributed by atoms with Crippen LogP contribution in [0, 0.1) is 11.8 Å². The van der Waals surface area contributed by atoms with Gasteiger partial charge in [-0.1, -0.05) is 33.6 Å². The Hall–Kier alpha value is -0.0800. The molecule has 0 saturated heterocycles. The molecule has 1 atom stereocenters. The molecule has 0 aliphatic carbocycles. The van der Waals surface area contributed by atoms with Gasteiger partial charge in [-0.05, 0) is 31.2 Å². The summed E-state index contributed by atoms with van der Waals surface area (Å²) < 4.78 is 5.65. The van der Waals surface area contributed by atoms with E-state index in [4.69, 9.17) is 10.5 Å². The van der Waals surface area contributed by atoms with Crippen LogP contribution in [0.3, 0.4) is 0 Å². The van der Waals surface area contributed by atoms with E-state index in [0.717, 1.165) is 38.5 Å². The average molecular weight is 201 g/mol. The van der Waals surface area contributed by atoms with Gasteiger partial charge in [0.05, 0.1) is 0 Å². The van der Waals surface area contributed by atoms with Crippen molar-refractivity contribution in [2.75, 3.05) is 19.8 Å². The molecule has 0 bridgehead atoms. The molecule has 0 aliphatic heterocycles. The van der Waals surface area contributed by atoms with Crippen molar-refractivity contribution in [1.29, 1.82) is 0 Å². The van der Waals surface area contributed by atoms with Crippen molar-refractivity contribution in [2.45, 2.75) is 46.5 Å². The van der Waals surface area contributed by atoms with E-state index in [1.807, 2.05) is 0 Å². The first-order valence-electron chi connectivity index (χ1n) is 6.02. The zero-order valence-corrected chi connectivity index (χ0v) is 10.1. The van der Waals surface area contributed by atoms with Gasteiger partial charge in [0.2, 0.25) is 0 Å². The van der Waals surface area contributed by atoms with Crippen molar-refractivity contribution >= 4 is 0 Å². The zero-order valence-electron chi connectivity index (χ0n) is 10.1. The van der Waals surface area contributed by atoms with Gasteiger partial charge < -0.3 is 10.5 Å². The topological polar surface area (TPSA) is 35.2 Å². The third-order valence-corrected chi connectivity index (χ3v) is 2.92. The fourth-order valence-electron chi connectivity index (χ4n) is 1.49. The number of rotatable bonds is 9. The van der Waals surface area contributed by atoms with Crippen LogP contribution in [0.1, 0.15) is 46.5 Å². The van der Waals surface area contributed by atoms with Gasteiger partial charge in [-0.2, -0.15) is 0 Å². The van der Waals surface area contributed by atoms with E-state index in [9.17, 15) is 0 Å². The largest absolute Gasteiger partial charge is 0.381 e. The third kappa shape index (κ3) is 7.34. The molecule has 0 aromatic carbocycles. The second-order valence-corrected chi connectivity index (χ2v) is 4.23. The molecule has 0 aromatic rings. The van der Waals surface area contributed by atoms with Crippen LogP contribution >= 0.6 is 0 Å². The quantitative estimate of drug-likeness (QED) is 0.582. The monoisotopic (exact) mass is 201 g/mol. The molecule has 0 rings (SSSR count). The molecular formula is C12H27NO. The fraction of sp³-hybridized carbons (Fsp3) is 1.00. The SMILES string of the molecule is CCC(CC)COCCC(C)CCN. The third-order valence-electron chi connectivity index (χ3n) is 2.92. The van der Waals surface area contributed by atoms with E-state index in [1.54, 1.807) is 0 Å². The fourth-order valence-corrected chi connectivity index (χ4v) is 1.49. The van der Waals surface area contributed by atoms with Crippen molar-refractivity contribution < 1.29 is 4.74 Å². The van der Waals surface area contributed by atoms with Gasteiger partial charge in [-0.3, -0.25) is 0 Å². The lowest BCUT2D eigenvalue weighted by Gasteiger charge is -2.14. The van der Waals surface area contributed by atoms with Crippen LogP contribution in [0.2, 0.25) is 0 Å². The number of ether oxygens (including phenoxy) is 1. The molecular weight excluding hydrogens is 174 g/mol. The summed E-state index contributed by atoms with van der Waals surface area (Å²) in [5, 5.41) is 0. The van der Waals surface area contributed by atoms with Crippen molar-refractivity contribution in [3.8, 4) is 0 Å². The van der Waals surface area contributed by atoms with Gasteiger partial charge >= 0.3 is 0 Å². The van der Waals surface area contributed by atoms with Gasteiger partial charge in [-0.15, -0.1) is 0 Å². The predicted octanol–water partition coefficient (Wildman–Crippen LogP) is 2.81. The van der Waals surface area contributed by atoms with Crippen molar-refractivity contribution in [3.63, 3.8) is 0 Å². The summed E-state index contributed by atoms with van der Waals surface area (Å²) in [4.78, 5) is 0. The Bertz CT molecular complexity index is 113. The molecule has 2 heteroatoms. The first kappa shape index (κ1) is 13.9. The Balaban J connectivity index is 3.27. The zero-order chi connectivity index (χ0) is 10.8. The summed E-state index contributed by atoms with van der Waals surface area (Å²) in [5.41, 5.74) is 5.48. The van der Waals surface area contributed by atoms with E-state index < -0.39 is 0 Å². The maximum atomic E-state index is 5.65. The Morgan fingerprint density at radius 1 is 1.14 bits per heavy atom. The molecule has 0 radical (unpaired) electrons. The van der Waals surface area contributed by atoms with Crippen LogP contribution in [0.15, 0.2) is 0 Å². The lowest BCUT2D eigenvalue weighted by atomic mass is 10.0. The van der Waals surface area contributed by atoms with Crippen LogP contribution < -0.4 is 5.73 Å². The number of hydrogen-bond acceptors (Lipinski definition) is 2. The van der Waals surface area contributed by atoms with Gasteiger partial charge in [0, 0.05) is 13.2 Å². The van der Waals surface area contributed by atoms with Gasteiger partial charge in [0.15, 0.2) is 0 Å². The van der Waals surface area contributed by atoms with E-state index in [-0.39, 0.29) is 0 Å². The van der Waals surface area contributed by atoms with Gasteiger partial charge in [-0.25, -0.2) is 0 Å². The number of nitrogens with two attached hydrogens (primary N) is 1. The molecule has 0 saturated carbocycles. The molecule has 0 spiro atoms. The lowest BCUT2D eigenvalue weighted by Crippen LogP contribution is -2.12. The van der Waals surface area contributed by atoms with E-state index in [2.05, 4.69) is 20.8 Å². The normalized spacial score (nSPS) is 13.5. The highest BCUT2D eigenvalue weighted by Crippen LogP contribution is 2.10. The summed E-state index contributed by atoms with van der Waals surface area (Å²) in [6, 6.07) is 0. The van der Waals surface area contributed by atoms with Crippen LogP contribution in [0.25, 0.3) is 0 Å². The van der Waals surface area contributed by atoms with E-state index in [0.29, 0.717) is 5.92 Å². The van der Waals surface area contributed by atoms with Crippen molar-refractivity contribution in [3.05, 3.63) is 0 Å². The standard InChI is InChI=1S/C12H27NO/c1-4-12(5-2)10-14-9-7-11(3)6-8-13/h11-12H,4-10,13H2,1-3H3. The maximum Gasteiger partial charge on any atom is 0.0494 e. The molecule has 2 N–H and O–H groups in total. The van der Waals surface area contributed by atoms with E-state index >= 15 is 0 Å². The van der Waals surface area contributed by atoms with Crippen molar-refractivity contribution in [2.24, 2.45) is 17.6 Å². The molecule has 0 fully saturated rings. The van der Waals surface area contributed by atoms with Gasteiger partial charge in [0.25, 0.3) is 0 Å². The first-order chi connectivity index (χ1) is 6.74. The van der Waals surface area contributed by atoms with Crippen LogP contribution in [0.5, 0.6) is 0 Å². The highest BCUT2D eigenvalue weighted by molar-refractivity contribution is 4.55. The minimum absolute atomic E-state index is 0.710. The molecule has 0 heterocycles. The summed E-state index contributed by atoms with van der Waals surface area (Å²) in [6.45, 7) is 9.34. The molecule has 86 valence electrons. The van der Waals surface area contributed by atoms with Crippen LogP contribution in [0.4, 0.5) is 0 Å². The summed E-state index contributed by atoms with van der Waals surface area (Å²) in [6.07, 6.45) is 4.73. The maximum absolute atomic E-state index is 5.65. The minimum Gasteiger partial charge on any atom is -0.381 e. The van der Waals surface area contributed by atoms with E-state index in [1.165, 1.54) is 12.8 Å². The number of hydrogen-bond donors (Lipinski definition) is 1. The molecule has 14 heavy (non-hydrogen) atoms. The molecule has 1 unspecified atom stereocenters. The second kappa shape index (κ2) is 9.47. The van der Waals surface area contributed by atoms with Crippen molar-refractivity contribution in [1.82, 2.24) is 0 Å². The molecule has 0 aliphatic rings. The summed E-state index contributed by atoms with van der Waals surface area (Å²) in [5.74, 6) is 1.46. The minimum atomic E-state index is 0.710. The first-order valence-corrected chi connectivity index (χ1v) is 6.02. The Morgan fingerprint density at radius 2 is 1.79 bits per heavy atom. The summed E-state index contributed by atoms with van der Waals surface area (Å²) >= 11 is 0. The molecule has 0 amide bonds. The molecule has 2 nitrogen and oxygen atoms in total. The Labute approximate surface area is 89.2 Å². The highest BCUT2D eigenvalue weighted by atomic mass is 16.5. The lowest BCUT2D eigenvalue weighted by molar-refractivity contribution is 0.0867. The van der Waals surface area contributed by atoms with Crippen LogP contribution in [-0.2, 0) is 4.74 Å². The average Bonchev–Trinajstić information content (AvgIpc) is 2.19. The summed E-state index contributed by atoms with van der Waals surface area (Å²) in [7, 11) is 0. The highest BCUT2D eigenvalue weighted by Gasteiger charge is 2.04. The van der Waals surface area contributed by atoms with Crippen LogP contribution in [-0.4, -0.2) is 19.8 Å². The molecule has 0 aromatic heterocycles. The van der Waals surface area contributed by atoms with Gasteiger partial charge in [0.1, 0.15) is 0 Å². The predicted molar refractivity (Wildman–Crippen MR) is 62.3 cm³/mol.